The summed E-state index contributed by atoms with van der Waals surface area (Å²) in [6, 6.07) is 4.50. The summed E-state index contributed by atoms with van der Waals surface area (Å²) in [4.78, 5) is 11.7. The van der Waals surface area contributed by atoms with E-state index in [1.807, 2.05) is 6.92 Å². The maximum absolute atomic E-state index is 11.7. The van der Waals surface area contributed by atoms with Gasteiger partial charge in [0.1, 0.15) is 5.60 Å². The summed E-state index contributed by atoms with van der Waals surface area (Å²) in [5, 5.41) is -0.475. The molecule has 0 aliphatic carbocycles. The molecule has 0 spiro atoms. The second kappa shape index (κ2) is 8.18. The van der Waals surface area contributed by atoms with Crippen LogP contribution in [-0.2, 0) is 25.6 Å². The molecule has 0 atom stereocenters. The van der Waals surface area contributed by atoms with Crippen LogP contribution in [0.1, 0.15) is 46.6 Å². The maximum atomic E-state index is 11.7. The Morgan fingerprint density at radius 1 is 1.29 bits per heavy atom. The molecular formula is C16H23ClO6S. The summed E-state index contributed by atoms with van der Waals surface area (Å²) in [5.74, 6) is 0.129. The number of ether oxygens (including phenoxy) is 2. The Kier molecular flexibility index (Phi) is 7.07. The van der Waals surface area contributed by atoms with Crippen LogP contribution in [0.4, 0.5) is 4.79 Å². The molecule has 136 valence electrons. The standard InChI is InChI=1S/C16H23ClO6S/c1-6-16(4,5)23-15(18)22-14-8-7-12(9-13(14)17)10-21-24(19,20)11(2)3/h7-9,11H,6,10H2,1-5H3. The van der Waals surface area contributed by atoms with Gasteiger partial charge in [-0.3, -0.25) is 4.18 Å². The first-order chi connectivity index (χ1) is 11.0. The van der Waals surface area contributed by atoms with Crippen LogP contribution in [0.25, 0.3) is 0 Å². The van der Waals surface area contributed by atoms with Gasteiger partial charge in [-0.25, -0.2) is 4.79 Å². The Labute approximate surface area is 148 Å². The molecule has 8 heteroatoms. The summed E-state index contributed by atoms with van der Waals surface area (Å²) >= 11 is 6.05. The summed E-state index contributed by atoms with van der Waals surface area (Å²) in [6.45, 7) is 8.34. The van der Waals surface area contributed by atoms with Crippen LogP contribution in [0.5, 0.6) is 5.75 Å². The normalized spacial score (nSPS) is 12.3. The number of rotatable bonds is 7. The Balaban J connectivity index is 2.73. The SMILES string of the molecule is CCC(C)(C)OC(=O)Oc1ccc(COS(=O)(=O)C(C)C)cc1Cl. The van der Waals surface area contributed by atoms with Gasteiger partial charge in [0.25, 0.3) is 10.1 Å². The number of hydrogen-bond acceptors (Lipinski definition) is 6. The molecule has 24 heavy (non-hydrogen) atoms. The van der Waals surface area contributed by atoms with E-state index in [4.69, 9.17) is 25.3 Å². The van der Waals surface area contributed by atoms with Gasteiger partial charge in [-0.2, -0.15) is 8.42 Å². The molecule has 0 unspecified atom stereocenters. The van der Waals surface area contributed by atoms with Crippen LogP contribution >= 0.6 is 11.6 Å². The highest BCUT2D eigenvalue weighted by molar-refractivity contribution is 7.87. The second-order valence-corrected chi connectivity index (χ2v) is 8.71. The number of carbonyl (C=O) groups is 1. The molecule has 1 rings (SSSR count). The third-order valence-electron chi connectivity index (χ3n) is 3.37. The van der Waals surface area contributed by atoms with E-state index in [0.717, 1.165) is 0 Å². The van der Waals surface area contributed by atoms with E-state index < -0.39 is 27.1 Å². The zero-order chi connectivity index (χ0) is 18.5. The summed E-state index contributed by atoms with van der Waals surface area (Å²) in [6.07, 6.45) is -0.216. The lowest BCUT2D eigenvalue weighted by Crippen LogP contribution is -2.28. The van der Waals surface area contributed by atoms with Crippen molar-refractivity contribution >= 4 is 27.9 Å². The molecule has 0 amide bonds. The van der Waals surface area contributed by atoms with Crippen LogP contribution in [0.2, 0.25) is 5.02 Å². The van der Waals surface area contributed by atoms with E-state index in [-0.39, 0.29) is 17.4 Å². The first-order valence-corrected chi connectivity index (χ1v) is 9.39. The fourth-order valence-corrected chi connectivity index (χ4v) is 2.23. The zero-order valence-electron chi connectivity index (χ0n) is 14.5. The van der Waals surface area contributed by atoms with E-state index in [2.05, 4.69) is 0 Å². The minimum absolute atomic E-state index is 0.129. The molecule has 0 saturated heterocycles. The van der Waals surface area contributed by atoms with Gasteiger partial charge < -0.3 is 9.47 Å². The van der Waals surface area contributed by atoms with Crippen LogP contribution in [0.3, 0.4) is 0 Å². The lowest BCUT2D eigenvalue weighted by atomic mass is 10.1. The number of hydrogen-bond donors (Lipinski definition) is 0. The molecule has 0 aliphatic heterocycles. The lowest BCUT2D eigenvalue weighted by molar-refractivity contribution is 0.00707. The quantitative estimate of drug-likeness (QED) is 0.400. The van der Waals surface area contributed by atoms with Gasteiger partial charge in [0.05, 0.1) is 16.9 Å². The molecule has 0 bridgehead atoms. The molecule has 0 fully saturated rings. The average Bonchev–Trinajstić information content (AvgIpc) is 2.47. The summed E-state index contributed by atoms with van der Waals surface area (Å²) in [7, 11) is -3.61. The highest BCUT2D eigenvalue weighted by atomic mass is 35.5. The fraction of sp³-hybridized carbons (Fsp3) is 0.562. The van der Waals surface area contributed by atoms with E-state index in [0.29, 0.717) is 12.0 Å². The van der Waals surface area contributed by atoms with Crippen LogP contribution in [-0.4, -0.2) is 25.4 Å². The molecule has 1 aromatic carbocycles. The topological polar surface area (TPSA) is 78.9 Å². The third-order valence-corrected chi connectivity index (χ3v) is 5.26. The zero-order valence-corrected chi connectivity index (χ0v) is 16.0. The summed E-state index contributed by atoms with van der Waals surface area (Å²) < 4.78 is 38.4. The van der Waals surface area contributed by atoms with Crippen LogP contribution < -0.4 is 4.74 Å². The van der Waals surface area contributed by atoms with Gasteiger partial charge in [-0.1, -0.05) is 24.6 Å². The minimum atomic E-state index is -3.61. The van der Waals surface area contributed by atoms with E-state index in [1.165, 1.54) is 26.0 Å². The van der Waals surface area contributed by atoms with Gasteiger partial charge in [-0.15, -0.1) is 0 Å². The second-order valence-electron chi connectivity index (χ2n) is 6.14. The molecule has 0 saturated carbocycles. The van der Waals surface area contributed by atoms with E-state index in [9.17, 15) is 13.2 Å². The van der Waals surface area contributed by atoms with Crippen molar-refractivity contribution in [1.82, 2.24) is 0 Å². The van der Waals surface area contributed by atoms with Crippen LogP contribution in [0, 0.1) is 0 Å². The lowest BCUT2D eigenvalue weighted by Gasteiger charge is -2.22. The number of halogens is 1. The van der Waals surface area contributed by atoms with Crippen molar-refractivity contribution in [3.63, 3.8) is 0 Å². The molecule has 0 aliphatic rings. The Hall–Kier alpha value is -1.31. The highest BCUT2D eigenvalue weighted by Crippen LogP contribution is 2.27. The van der Waals surface area contributed by atoms with Crippen molar-refractivity contribution in [3.8, 4) is 5.75 Å². The van der Waals surface area contributed by atoms with Crippen molar-refractivity contribution in [2.45, 2.75) is 58.5 Å². The van der Waals surface area contributed by atoms with Crippen molar-refractivity contribution in [2.75, 3.05) is 0 Å². The molecule has 6 nitrogen and oxygen atoms in total. The molecular weight excluding hydrogens is 356 g/mol. The molecule has 0 N–H and O–H groups in total. The Morgan fingerprint density at radius 2 is 1.92 bits per heavy atom. The van der Waals surface area contributed by atoms with Gasteiger partial charge in [0, 0.05) is 0 Å². The van der Waals surface area contributed by atoms with Gasteiger partial charge in [0.2, 0.25) is 0 Å². The molecule has 0 heterocycles. The summed E-state index contributed by atoms with van der Waals surface area (Å²) in [5.41, 5.74) is -0.0958. The van der Waals surface area contributed by atoms with Crippen molar-refractivity contribution < 1.29 is 26.9 Å². The van der Waals surface area contributed by atoms with Gasteiger partial charge >= 0.3 is 6.16 Å². The fourth-order valence-electron chi connectivity index (χ4n) is 1.41. The molecule has 0 radical (unpaired) electrons. The van der Waals surface area contributed by atoms with Gasteiger partial charge in [-0.05, 0) is 51.8 Å². The van der Waals surface area contributed by atoms with Crippen LogP contribution in [0.15, 0.2) is 18.2 Å². The monoisotopic (exact) mass is 378 g/mol. The first-order valence-electron chi connectivity index (χ1n) is 7.54. The van der Waals surface area contributed by atoms with Crippen molar-refractivity contribution in [1.29, 1.82) is 0 Å². The number of benzene rings is 1. The average molecular weight is 379 g/mol. The first kappa shape index (κ1) is 20.7. The van der Waals surface area contributed by atoms with Gasteiger partial charge in [0.15, 0.2) is 5.75 Å². The van der Waals surface area contributed by atoms with E-state index >= 15 is 0 Å². The molecule has 0 aromatic heterocycles. The number of carbonyl (C=O) groups excluding carboxylic acids is 1. The predicted molar refractivity (Wildman–Crippen MR) is 91.8 cm³/mol. The largest absolute Gasteiger partial charge is 0.514 e. The third kappa shape index (κ3) is 6.30. The van der Waals surface area contributed by atoms with E-state index in [1.54, 1.807) is 19.9 Å². The predicted octanol–water partition coefficient (Wildman–Crippen LogP) is 4.30. The van der Waals surface area contributed by atoms with Crippen molar-refractivity contribution in [2.24, 2.45) is 0 Å². The highest BCUT2D eigenvalue weighted by Gasteiger charge is 2.22. The van der Waals surface area contributed by atoms with Crippen molar-refractivity contribution in [3.05, 3.63) is 28.8 Å². The maximum Gasteiger partial charge on any atom is 0.514 e. The molecule has 1 aromatic rings. The minimum Gasteiger partial charge on any atom is -0.428 e. The Bertz CT molecular complexity index is 682. The smallest absolute Gasteiger partial charge is 0.428 e. The Morgan fingerprint density at radius 3 is 2.42 bits per heavy atom.